The molecule has 0 aliphatic carbocycles. The lowest BCUT2D eigenvalue weighted by Gasteiger charge is -2.14. The second-order valence-corrected chi connectivity index (χ2v) is 3.74. The Balaban J connectivity index is 2.55. The number of aliphatic hydroxyl groups excluding tert-OH is 1. The number of anilines is 2. The molecule has 5 nitrogen and oxygen atoms in total. The molecule has 0 aromatic carbocycles. The number of nitrogens with zero attached hydrogens (tertiary/aromatic N) is 2. The van der Waals surface area contributed by atoms with E-state index in [0.29, 0.717) is 17.9 Å². The highest BCUT2D eigenvalue weighted by molar-refractivity contribution is 5.60. The van der Waals surface area contributed by atoms with E-state index in [-0.39, 0.29) is 12.1 Å². The summed E-state index contributed by atoms with van der Waals surface area (Å²) in [4.78, 5) is 0. The molecule has 5 heteroatoms. The quantitative estimate of drug-likeness (QED) is 0.661. The minimum Gasteiger partial charge on any atom is -0.394 e. The van der Waals surface area contributed by atoms with Crippen molar-refractivity contribution >= 4 is 11.5 Å². The van der Waals surface area contributed by atoms with Crippen LogP contribution in [0.2, 0.25) is 0 Å². The number of hydrogen-bond donors (Lipinski definition) is 3. The van der Waals surface area contributed by atoms with Crippen LogP contribution < -0.4 is 11.1 Å². The first-order valence-electron chi connectivity index (χ1n) is 4.72. The highest BCUT2D eigenvalue weighted by atomic mass is 16.3. The second-order valence-electron chi connectivity index (χ2n) is 3.74. The Hall–Kier alpha value is -1.23. The molecule has 1 aromatic rings. The van der Waals surface area contributed by atoms with Crippen LogP contribution in [0, 0.1) is 0 Å². The van der Waals surface area contributed by atoms with Gasteiger partial charge in [0.25, 0.3) is 0 Å². The topological polar surface area (TPSA) is 76.1 Å². The van der Waals surface area contributed by atoms with E-state index in [9.17, 15) is 5.11 Å². The molecule has 1 aromatic heterocycles. The smallest absolute Gasteiger partial charge is 0.171 e. The first-order valence-corrected chi connectivity index (χ1v) is 4.72. The molecule has 0 aliphatic rings. The van der Waals surface area contributed by atoms with E-state index in [0.717, 1.165) is 0 Å². The minimum atomic E-state index is -0.317. The van der Waals surface area contributed by atoms with Gasteiger partial charge in [0, 0.05) is 19.3 Å². The summed E-state index contributed by atoms with van der Waals surface area (Å²) in [5.74, 6) is 0.681. The van der Waals surface area contributed by atoms with Crippen molar-refractivity contribution in [2.75, 3.05) is 11.1 Å². The van der Waals surface area contributed by atoms with Gasteiger partial charge in [-0.25, -0.2) is 0 Å². The van der Waals surface area contributed by atoms with Crippen molar-refractivity contribution in [1.82, 2.24) is 9.78 Å². The zero-order chi connectivity index (χ0) is 10.7. The molecule has 0 bridgehead atoms. The number of nitrogens with two attached hydrogens (primary N) is 1. The standard InChI is InChI=1S/C9H18N4O/c1-6(4-7(2)14)11-9-8(10)5-13(3)12-9/h5-7,14H,4,10H2,1-3H3,(H,11,12). The maximum Gasteiger partial charge on any atom is 0.171 e. The zero-order valence-electron chi connectivity index (χ0n) is 8.86. The Bertz CT molecular complexity index is 295. The fourth-order valence-corrected chi connectivity index (χ4v) is 1.42. The van der Waals surface area contributed by atoms with E-state index in [2.05, 4.69) is 10.4 Å². The van der Waals surface area contributed by atoms with Crippen LogP contribution in [-0.4, -0.2) is 27.0 Å². The van der Waals surface area contributed by atoms with Crippen molar-refractivity contribution in [1.29, 1.82) is 0 Å². The lowest BCUT2D eigenvalue weighted by Crippen LogP contribution is -2.21. The van der Waals surface area contributed by atoms with Gasteiger partial charge >= 0.3 is 0 Å². The average molecular weight is 198 g/mol. The summed E-state index contributed by atoms with van der Waals surface area (Å²) in [5, 5.41) is 16.5. The van der Waals surface area contributed by atoms with Crippen LogP contribution in [0.15, 0.2) is 6.20 Å². The third-order valence-electron chi connectivity index (χ3n) is 1.93. The molecule has 4 N–H and O–H groups in total. The molecule has 0 radical (unpaired) electrons. The summed E-state index contributed by atoms with van der Waals surface area (Å²) in [6.45, 7) is 3.75. The van der Waals surface area contributed by atoms with Crippen LogP contribution >= 0.6 is 0 Å². The molecule has 2 unspecified atom stereocenters. The number of hydrogen-bond acceptors (Lipinski definition) is 4. The number of nitrogen functional groups attached to an aromatic ring is 1. The molecule has 0 fully saturated rings. The third kappa shape index (κ3) is 2.92. The van der Waals surface area contributed by atoms with Gasteiger partial charge in [-0.2, -0.15) is 5.10 Å². The molecule has 80 valence electrons. The summed E-state index contributed by atoms with van der Waals surface area (Å²) in [5.41, 5.74) is 6.34. The molecule has 14 heavy (non-hydrogen) atoms. The van der Waals surface area contributed by atoms with Gasteiger partial charge in [0.2, 0.25) is 0 Å². The van der Waals surface area contributed by atoms with Crippen molar-refractivity contribution in [3.8, 4) is 0 Å². The van der Waals surface area contributed by atoms with Crippen molar-refractivity contribution in [2.45, 2.75) is 32.4 Å². The second kappa shape index (κ2) is 4.32. The van der Waals surface area contributed by atoms with Gasteiger partial charge in [-0.15, -0.1) is 0 Å². The van der Waals surface area contributed by atoms with E-state index < -0.39 is 0 Å². The van der Waals surface area contributed by atoms with Crippen LogP contribution in [0.5, 0.6) is 0 Å². The molecule has 2 atom stereocenters. The number of rotatable bonds is 4. The van der Waals surface area contributed by atoms with Crippen LogP contribution in [0.4, 0.5) is 11.5 Å². The highest BCUT2D eigenvalue weighted by Gasteiger charge is 2.09. The van der Waals surface area contributed by atoms with Gasteiger partial charge < -0.3 is 16.2 Å². The first-order chi connectivity index (χ1) is 6.49. The van der Waals surface area contributed by atoms with Crippen LogP contribution in [0.25, 0.3) is 0 Å². The number of aliphatic hydroxyl groups is 1. The van der Waals surface area contributed by atoms with Crippen LogP contribution in [0.3, 0.4) is 0 Å². The van der Waals surface area contributed by atoms with E-state index >= 15 is 0 Å². The molecular weight excluding hydrogens is 180 g/mol. The largest absolute Gasteiger partial charge is 0.394 e. The Morgan fingerprint density at radius 3 is 2.71 bits per heavy atom. The zero-order valence-corrected chi connectivity index (χ0v) is 8.86. The maximum atomic E-state index is 9.18. The van der Waals surface area contributed by atoms with E-state index in [1.54, 1.807) is 17.8 Å². The number of nitrogens with one attached hydrogen (secondary N) is 1. The molecule has 0 amide bonds. The SMILES string of the molecule is CC(O)CC(C)Nc1nn(C)cc1N. The van der Waals surface area contributed by atoms with Gasteiger partial charge in [0.05, 0.1) is 11.8 Å². The Kier molecular flexibility index (Phi) is 3.35. The summed E-state index contributed by atoms with van der Waals surface area (Å²) in [6.07, 6.45) is 2.11. The molecular formula is C9H18N4O. The summed E-state index contributed by atoms with van der Waals surface area (Å²) in [6, 6.07) is 0.159. The van der Waals surface area contributed by atoms with E-state index in [1.807, 2.05) is 14.0 Å². The predicted molar refractivity (Wildman–Crippen MR) is 57.0 cm³/mol. The molecule has 0 saturated carbocycles. The van der Waals surface area contributed by atoms with E-state index in [1.165, 1.54) is 0 Å². The number of aryl methyl sites for hydroxylation is 1. The predicted octanol–water partition coefficient (Wildman–Crippen LogP) is 0.574. The fourth-order valence-electron chi connectivity index (χ4n) is 1.42. The first kappa shape index (κ1) is 10.8. The fraction of sp³-hybridized carbons (Fsp3) is 0.667. The Labute approximate surface area is 83.9 Å². The summed E-state index contributed by atoms with van der Waals surface area (Å²) >= 11 is 0. The van der Waals surface area contributed by atoms with Gasteiger partial charge in [-0.05, 0) is 20.3 Å². The lowest BCUT2D eigenvalue weighted by molar-refractivity contribution is 0.179. The van der Waals surface area contributed by atoms with Crippen LogP contribution in [0.1, 0.15) is 20.3 Å². The monoisotopic (exact) mass is 198 g/mol. The highest BCUT2D eigenvalue weighted by Crippen LogP contribution is 2.16. The maximum absolute atomic E-state index is 9.18. The van der Waals surface area contributed by atoms with Crippen molar-refractivity contribution < 1.29 is 5.11 Å². The van der Waals surface area contributed by atoms with Gasteiger partial charge in [-0.3, -0.25) is 4.68 Å². The van der Waals surface area contributed by atoms with Crippen LogP contribution in [-0.2, 0) is 7.05 Å². The van der Waals surface area contributed by atoms with Gasteiger partial charge in [-0.1, -0.05) is 0 Å². The molecule has 0 spiro atoms. The minimum absolute atomic E-state index is 0.159. The van der Waals surface area contributed by atoms with Crippen molar-refractivity contribution in [3.05, 3.63) is 6.20 Å². The third-order valence-corrected chi connectivity index (χ3v) is 1.93. The normalized spacial score (nSPS) is 15.1. The number of aromatic nitrogens is 2. The Morgan fingerprint density at radius 2 is 2.29 bits per heavy atom. The lowest BCUT2D eigenvalue weighted by atomic mass is 10.1. The molecule has 0 aliphatic heterocycles. The summed E-state index contributed by atoms with van der Waals surface area (Å²) < 4.78 is 1.66. The Morgan fingerprint density at radius 1 is 1.64 bits per heavy atom. The van der Waals surface area contributed by atoms with Gasteiger partial charge in [0.1, 0.15) is 0 Å². The van der Waals surface area contributed by atoms with Crippen molar-refractivity contribution in [3.63, 3.8) is 0 Å². The molecule has 0 saturated heterocycles. The van der Waals surface area contributed by atoms with Gasteiger partial charge in [0.15, 0.2) is 5.82 Å². The average Bonchev–Trinajstić information content (AvgIpc) is 2.28. The van der Waals surface area contributed by atoms with E-state index in [4.69, 9.17) is 5.73 Å². The molecule has 1 rings (SSSR count). The summed E-state index contributed by atoms with van der Waals surface area (Å²) in [7, 11) is 1.82. The molecule has 1 heterocycles. The van der Waals surface area contributed by atoms with Crippen molar-refractivity contribution in [2.24, 2.45) is 7.05 Å².